The first-order valence-electron chi connectivity index (χ1n) is 6.06. The van der Waals surface area contributed by atoms with Crippen LogP contribution in [0.2, 0.25) is 10.0 Å². The van der Waals surface area contributed by atoms with Gasteiger partial charge in [0.2, 0.25) is 0 Å². The molecule has 104 valence electrons. The maximum Gasteiger partial charge on any atom is 0.323 e. The predicted octanol–water partition coefficient (Wildman–Crippen LogP) is 5.25. The van der Waals surface area contributed by atoms with Crippen molar-refractivity contribution in [3.8, 4) is 0 Å². The zero-order valence-corrected chi connectivity index (χ0v) is 12.6. The van der Waals surface area contributed by atoms with Gasteiger partial charge in [-0.15, -0.1) is 0 Å². The van der Waals surface area contributed by atoms with Crippen LogP contribution < -0.4 is 10.6 Å². The Bertz CT molecular complexity index is 616. The molecule has 2 aromatic rings. The van der Waals surface area contributed by atoms with Crippen LogP contribution in [0.5, 0.6) is 0 Å². The Labute approximate surface area is 127 Å². The molecule has 20 heavy (non-hydrogen) atoms. The van der Waals surface area contributed by atoms with Crippen molar-refractivity contribution in [1.29, 1.82) is 0 Å². The fraction of sp³-hybridized carbons (Fsp3) is 0.133. The number of nitrogens with one attached hydrogen (secondary N) is 2. The van der Waals surface area contributed by atoms with E-state index in [1.807, 2.05) is 32.0 Å². The number of amides is 2. The van der Waals surface area contributed by atoms with Gasteiger partial charge in [0, 0.05) is 5.69 Å². The van der Waals surface area contributed by atoms with Gasteiger partial charge in [0.05, 0.1) is 15.7 Å². The first-order valence-corrected chi connectivity index (χ1v) is 6.81. The number of benzene rings is 2. The molecule has 0 heterocycles. The molecule has 0 atom stereocenters. The minimum absolute atomic E-state index is 0.384. The quantitative estimate of drug-likeness (QED) is 0.781. The molecule has 0 aliphatic carbocycles. The van der Waals surface area contributed by atoms with Crippen molar-refractivity contribution < 1.29 is 4.79 Å². The molecule has 0 radical (unpaired) electrons. The largest absolute Gasteiger partial charge is 0.323 e. The summed E-state index contributed by atoms with van der Waals surface area (Å²) in [6, 6.07) is 10.5. The van der Waals surface area contributed by atoms with Gasteiger partial charge >= 0.3 is 6.03 Å². The lowest BCUT2D eigenvalue weighted by atomic mass is 10.1. The minimum atomic E-state index is -0.384. The average Bonchev–Trinajstić information content (AvgIpc) is 2.32. The highest BCUT2D eigenvalue weighted by atomic mass is 35.5. The molecule has 0 aliphatic rings. The summed E-state index contributed by atoms with van der Waals surface area (Å²) in [5.41, 5.74) is 3.29. The van der Waals surface area contributed by atoms with Crippen LogP contribution in [0.3, 0.4) is 0 Å². The van der Waals surface area contributed by atoms with Crippen molar-refractivity contribution in [1.82, 2.24) is 0 Å². The maximum absolute atomic E-state index is 12.0. The molecule has 0 unspecified atom stereocenters. The molecule has 2 amide bonds. The van der Waals surface area contributed by atoms with E-state index in [1.54, 1.807) is 18.2 Å². The van der Waals surface area contributed by atoms with Crippen LogP contribution in [0.15, 0.2) is 36.4 Å². The monoisotopic (exact) mass is 308 g/mol. The van der Waals surface area contributed by atoms with Crippen molar-refractivity contribution in [2.75, 3.05) is 10.6 Å². The third-order valence-corrected chi connectivity index (χ3v) is 3.31. The lowest BCUT2D eigenvalue weighted by Crippen LogP contribution is -2.20. The van der Waals surface area contributed by atoms with Gasteiger partial charge in [0.15, 0.2) is 0 Å². The smallest absolute Gasteiger partial charge is 0.308 e. The molecule has 0 saturated heterocycles. The van der Waals surface area contributed by atoms with Crippen LogP contribution in [0.25, 0.3) is 0 Å². The number of aryl methyl sites for hydroxylation is 2. The van der Waals surface area contributed by atoms with Gasteiger partial charge in [-0.05, 0) is 49.2 Å². The lowest BCUT2D eigenvalue weighted by Gasteiger charge is -2.11. The Hall–Kier alpha value is -1.71. The first-order chi connectivity index (χ1) is 9.45. The summed E-state index contributed by atoms with van der Waals surface area (Å²) in [7, 11) is 0. The summed E-state index contributed by atoms with van der Waals surface area (Å²) in [5, 5.41) is 6.20. The van der Waals surface area contributed by atoms with Crippen LogP contribution in [0, 0.1) is 13.8 Å². The summed E-state index contributed by atoms with van der Waals surface area (Å²) in [5.74, 6) is 0. The van der Waals surface area contributed by atoms with E-state index in [0.29, 0.717) is 15.7 Å². The van der Waals surface area contributed by atoms with Crippen LogP contribution in [-0.2, 0) is 0 Å². The van der Waals surface area contributed by atoms with E-state index in [0.717, 1.165) is 16.8 Å². The summed E-state index contributed by atoms with van der Waals surface area (Å²) in [6.07, 6.45) is 0. The van der Waals surface area contributed by atoms with Crippen LogP contribution in [0.4, 0.5) is 16.2 Å². The standard InChI is InChI=1S/C15H14Cl2N2O/c1-9-6-10(2)8-11(7-9)18-15(20)19-14-12(16)4-3-5-13(14)17/h3-8H,1-2H3,(H2,18,19,20). The van der Waals surface area contributed by atoms with Gasteiger partial charge in [0.25, 0.3) is 0 Å². The fourth-order valence-electron chi connectivity index (χ4n) is 1.94. The predicted molar refractivity (Wildman–Crippen MR) is 85.0 cm³/mol. The number of halogens is 2. The van der Waals surface area contributed by atoms with Gasteiger partial charge in [-0.3, -0.25) is 0 Å². The van der Waals surface area contributed by atoms with E-state index in [9.17, 15) is 4.79 Å². The summed E-state index contributed by atoms with van der Waals surface area (Å²) in [4.78, 5) is 12.0. The second-order valence-electron chi connectivity index (χ2n) is 4.55. The number of para-hydroxylation sites is 1. The molecule has 0 bridgehead atoms. The van der Waals surface area contributed by atoms with E-state index >= 15 is 0 Å². The van der Waals surface area contributed by atoms with E-state index in [-0.39, 0.29) is 6.03 Å². The third-order valence-electron chi connectivity index (χ3n) is 2.68. The molecular formula is C15H14Cl2N2O. The summed E-state index contributed by atoms with van der Waals surface area (Å²) >= 11 is 12.0. The Morgan fingerprint density at radius 3 is 2.05 bits per heavy atom. The van der Waals surface area contributed by atoms with Crippen LogP contribution in [-0.4, -0.2) is 6.03 Å². The lowest BCUT2D eigenvalue weighted by molar-refractivity contribution is 0.262. The molecule has 5 heteroatoms. The number of carbonyl (C=O) groups excluding carboxylic acids is 1. The Balaban J connectivity index is 2.13. The van der Waals surface area contributed by atoms with Crippen molar-refractivity contribution in [2.24, 2.45) is 0 Å². The highest BCUT2D eigenvalue weighted by molar-refractivity contribution is 6.39. The van der Waals surface area contributed by atoms with E-state index in [1.165, 1.54) is 0 Å². The number of hydrogen-bond donors (Lipinski definition) is 2. The Morgan fingerprint density at radius 2 is 1.50 bits per heavy atom. The third kappa shape index (κ3) is 3.65. The summed E-state index contributed by atoms with van der Waals surface area (Å²) in [6.45, 7) is 3.95. The SMILES string of the molecule is Cc1cc(C)cc(NC(=O)Nc2c(Cl)cccc2Cl)c1. The van der Waals surface area contributed by atoms with Crippen molar-refractivity contribution in [3.63, 3.8) is 0 Å². The highest BCUT2D eigenvalue weighted by Crippen LogP contribution is 2.29. The number of hydrogen-bond acceptors (Lipinski definition) is 1. The minimum Gasteiger partial charge on any atom is -0.308 e. The number of urea groups is 1. The average molecular weight is 309 g/mol. The molecule has 0 saturated carbocycles. The fourth-order valence-corrected chi connectivity index (χ4v) is 2.43. The number of rotatable bonds is 2. The molecule has 3 nitrogen and oxygen atoms in total. The van der Waals surface area contributed by atoms with Gasteiger partial charge in [-0.25, -0.2) is 4.79 Å². The van der Waals surface area contributed by atoms with E-state index in [4.69, 9.17) is 23.2 Å². The topological polar surface area (TPSA) is 41.1 Å². The van der Waals surface area contributed by atoms with E-state index < -0.39 is 0 Å². The zero-order valence-electron chi connectivity index (χ0n) is 11.1. The second kappa shape index (κ2) is 6.16. The van der Waals surface area contributed by atoms with Gasteiger partial charge in [0.1, 0.15) is 0 Å². The molecular weight excluding hydrogens is 295 g/mol. The maximum atomic E-state index is 12.0. The van der Waals surface area contributed by atoms with Gasteiger partial charge in [-0.1, -0.05) is 35.3 Å². The zero-order chi connectivity index (χ0) is 14.7. The number of anilines is 2. The van der Waals surface area contributed by atoms with Crippen molar-refractivity contribution >= 4 is 40.6 Å². The molecule has 0 fully saturated rings. The Kier molecular flexibility index (Phi) is 4.53. The highest BCUT2D eigenvalue weighted by Gasteiger charge is 2.09. The molecule has 0 spiro atoms. The van der Waals surface area contributed by atoms with Crippen LogP contribution >= 0.6 is 23.2 Å². The Morgan fingerprint density at radius 1 is 0.950 bits per heavy atom. The van der Waals surface area contributed by atoms with Gasteiger partial charge < -0.3 is 10.6 Å². The molecule has 0 aromatic heterocycles. The summed E-state index contributed by atoms with van der Waals surface area (Å²) < 4.78 is 0. The first kappa shape index (κ1) is 14.7. The second-order valence-corrected chi connectivity index (χ2v) is 5.37. The van der Waals surface area contributed by atoms with Gasteiger partial charge in [-0.2, -0.15) is 0 Å². The molecule has 2 N–H and O–H groups in total. The van der Waals surface area contributed by atoms with Crippen molar-refractivity contribution in [2.45, 2.75) is 13.8 Å². The molecule has 2 rings (SSSR count). The molecule has 0 aliphatic heterocycles. The normalized spacial score (nSPS) is 10.2. The van der Waals surface area contributed by atoms with Crippen LogP contribution in [0.1, 0.15) is 11.1 Å². The van der Waals surface area contributed by atoms with Crippen molar-refractivity contribution in [3.05, 3.63) is 57.6 Å². The molecule has 2 aromatic carbocycles. The van der Waals surface area contributed by atoms with E-state index in [2.05, 4.69) is 10.6 Å². The number of carbonyl (C=O) groups is 1.